The smallest absolute Gasteiger partial charge is 0.300 e. The predicted octanol–water partition coefficient (Wildman–Crippen LogP) is 2.46. The first kappa shape index (κ1) is 19.7. The minimum absolute atomic E-state index is 0.763. The van der Waals surface area contributed by atoms with Gasteiger partial charge in [-0.25, -0.2) is 0 Å². The van der Waals surface area contributed by atoms with E-state index in [9.17, 15) is 0 Å². The van der Waals surface area contributed by atoms with Gasteiger partial charge in [0.1, 0.15) is 5.82 Å². The van der Waals surface area contributed by atoms with Crippen molar-refractivity contribution in [2.45, 2.75) is 45.3 Å². The quantitative estimate of drug-likeness (QED) is 0.457. The number of carboxylic acids is 1. The van der Waals surface area contributed by atoms with Crippen LogP contribution in [0.5, 0.6) is 0 Å². The zero-order chi connectivity index (χ0) is 16.3. The third-order valence-electron chi connectivity index (χ3n) is 2.66. The third kappa shape index (κ3) is 9.25. The number of hydrogen-bond donors (Lipinski definition) is 2. The molecule has 0 spiro atoms. The van der Waals surface area contributed by atoms with Crippen LogP contribution in [-0.4, -0.2) is 38.6 Å². The van der Waals surface area contributed by atoms with E-state index in [2.05, 4.69) is 40.0 Å². The maximum Gasteiger partial charge on any atom is 0.300 e. The van der Waals surface area contributed by atoms with Crippen molar-refractivity contribution in [2.75, 3.05) is 12.8 Å². The van der Waals surface area contributed by atoms with Gasteiger partial charge in [-0.15, -0.1) is 10.2 Å². The fourth-order valence-corrected chi connectivity index (χ4v) is 2.20. The largest absolute Gasteiger partial charge is 0.481 e. The van der Waals surface area contributed by atoms with E-state index in [1.807, 2.05) is 14.1 Å². The molecular weight excluding hydrogens is 288 g/mol. The van der Waals surface area contributed by atoms with Crippen LogP contribution >= 0.6 is 11.8 Å². The first-order valence-corrected chi connectivity index (χ1v) is 7.91. The van der Waals surface area contributed by atoms with Crippen LogP contribution in [0.3, 0.4) is 0 Å². The molecule has 0 radical (unpaired) electrons. The second-order valence-corrected chi connectivity index (χ2v) is 5.61. The van der Waals surface area contributed by atoms with Crippen LogP contribution in [0.1, 0.15) is 39.4 Å². The van der Waals surface area contributed by atoms with Gasteiger partial charge in [0.2, 0.25) is 0 Å². The summed E-state index contributed by atoms with van der Waals surface area (Å²) < 4.78 is 2.05. The van der Waals surface area contributed by atoms with Crippen molar-refractivity contribution in [3.63, 3.8) is 0 Å². The van der Waals surface area contributed by atoms with Gasteiger partial charge in [0.25, 0.3) is 5.97 Å². The Morgan fingerprint density at radius 1 is 1.43 bits per heavy atom. The Bertz CT molecular complexity index is 454. The summed E-state index contributed by atoms with van der Waals surface area (Å²) in [7, 11) is 3.93. The summed E-state index contributed by atoms with van der Waals surface area (Å²) in [4.78, 5) is 9.00. The molecule has 2 N–H and O–H groups in total. The second-order valence-electron chi connectivity index (χ2n) is 4.55. The summed E-state index contributed by atoms with van der Waals surface area (Å²) in [6.45, 7) is 6.21. The van der Waals surface area contributed by atoms with Gasteiger partial charge in [0.05, 0.1) is 6.54 Å². The summed E-state index contributed by atoms with van der Waals surface area (Å²) in [5, 5.41) is 19.8. The normalized spacial score (nSPS) is 11.0. The number of allylic oxidation sites excluding steroid dienone is 2. The summed E-state index contributed by atoms with van der Waals surface area (Å²) >= 11 is 1.76. The van der Waals surface area contributed by atoms with Crippen LogP contribution in [0.15, 0.2) is 16.8 Å². The van der Waals surface area contributed by atoms with Crippen molar-refractivity contribution in [2.24, 2.45) is 7.05 Å². The maximum atomic E-state index is 9.00. The lowest BCUT2D eigenvalue weighted by Crippen LogP contribution is -2.10. The average molecular weight is 314 g/mol. The summed E-state index contributed by atoms with van der Waals surface area (Å²) in [6, 6.07) is 0. The lowest BCUT2D eigenvalue weighted by Gasteiger charge is -2.02. The van der Waals surface area contributed by atoms with Crippen LogP contribution < -0.4 is 5.32 Å². The van der Waals surface area contributed by atoms with Gasteiger partial charge < -0.3 is 15.0 Å². The van der Waals surface area contributed by atoms with E-state index in [0.29, 0.717) is 0 Å². The van der Waals surface area contributed by atoms with E-state index in [1.54, 1.807) is 11.8 Å². The number of aromatic nitrogens is 3. The molecule has 6 nitrogen and oxygen atoms in total. The molecule has 0 aliphatic rings. The molecule has 7 heteroatoms. The minimum Gasteiger partial charge on any atom is -0.481 e. The molecule has 1 aromatic heterocycles. The topological polar surface area (TPSA) is 80.0 Å². The molecule has 0 aromatic carbocycles. The van der Waals surface area contributed by atoms with Crippen molar-refractivity contribution in [1.82, 2.24) is 20.1 Å². The molecular formula is C14H26N4O2S. The van der Waals surface area contributed by atoms with Gasteiger partial charge in [0.15, 0.2) is 5.16 Å². The van der Waals surface area contributed by atoms with Crippen LogP contribution in [0.4, 0.5) is 0 Å². The molecule has 21 heavy (non-hydrogen) atoms. The zero-order valence-electron chi connectivity index (χ0n) is 13.5. The first-order valence-electron chi connectivity index (χ1n) is 6.93. The van der Waals surface area contributed by atoms with Crippen LogP contribution in [0.25, 0.3) is 0 Å². The van der Waals surface area contributed by atoms with Gasteiger partial charge >= 0.3 is 0 Å². The molecule has 0 saturated carbocycles. The van der Waals surface area contributed by atoms with Crippen LogP contribution in [0.2, 0.25) is 0 Å². The standard InChI is InChI=1S/C12H22N4S.C2H4O2/c1-5-10(2)7-6-8-17-12-15-14-11(9-13-3)16(12)4;1-2(3)4/h7,13H,5-6,8-9H2,1-4H3;1H3,(H,3,4)/b10-7+;. The van der Waals surface area contributed by atoms with Crippen molar-refractivity contribution in [3.8, 4) is 0 Å². The Hall–Kier alpha value is -1.34. The van der Waals surface area contributed by atoms with E-state index in [4.69, 9.17) is 9.90 Å². The molecule has 0 fully saturated rings. The fraction of sp³-hybridized carbons (Fsp3) is 0.643. The Labute approximate surface area is 131 Å². The highest BCUT2D eigenvalue weighted by atomic mass is 32.2. The van der Waals surface area contributed by atoms with Gasteiger partial charge in [-0.1, -0.05) is 30.3 Å². The molecule has 1 heterocycles. The van der Waals surface area contributed by atoms with Crippen molar-refractivity contribution < 1.29 is 9.90 Å². The lowest BCUT2D eigenvalue weighted by molar-refractivity contribution is -0.134. The zero-order valence-corrected chi connectivity index (χ0v) is 14.3. The second kappa shape index (κ2) is 11.3. The van der Waals surface area contributed by atoms with Gasteiger partial charge in [0, 0.05) is 19.7 Å². The number of nitrogens with zero attached hydrogens (tertiary/aromatic N) is 3. The Balaban J connectivity index is 0.000000885. The first-order chi connectivity index (χ1) is 9.92. The Morgan fingerprint density at radius 3 is 2.57 bits per heavy atom. The van der Waals surface area contributed by atoms with Gasteiger partial charge in [-0.2, -0.15) is 0 Å². The van der Waals surface area contributed by atoms with Crippen LogP contribution in [0, 0.1) is 0 Å². The number of hydrogen-bond acceptors (Lipinski definition) is 5. The number of aliphatic carboxylic acids is 1. The molecule has 0 saturated heterocycles. The summed E-state index contributed by atoms with van der Waals surface area (Å²) in [5.41, 5.74) is 1.46. The molecule has 0 unspecified atom stereocenters. The molecule has 0 bridgehead atoms. The SMILES string of the molecule is CC(=O)O.CC/C(C)=C/CCSc1nnc(CNC)n1C. The molecule has 0 aliphatic carbocycles. The Kier molecular flexibility index (Phi) is 10.6. The molecule has 1 rings (SSSR count). The van der Waals surface area contributed by atoms with E-state index in [-0.39, 0.29) is 0 Å². The van der Waals surface area contributed by atoms with Crippen molar-refractivity contribution in [3.05, 3.63) is 17.5 Å². The highest BCUT2D eigenvalue weighted by Crippen LogP contribution is 2.17. The van der Waals surface area contributed by atoms with Crippen molar-refractivity contribution >= 4 is 17.7 Å². The molecule has 0 aliphatic heterocycles. The number of carbonyl (C=O) groups is 1. The molecule has 1 aromatic rings. The highest BCUT2D eigenvalue weighted by Gasteiger charge is 2.07. The summed E-state index contributed by atoms with van der Waals surface area (Å²) in [6.07, 6.45) is 4.54. The van der Waals surface area contributed by atoms with Gasteiger partial charge in [-0.3, -0.25) is 4.79 Å². The third-order valence-corrected chi connectivity index (χ3v) is 3.71. The minimum atomic E-state index is -0.833. The van der Waals surface area contributed by atoms with E-state index < -0.39 is 5.97 Å². The summed E-state index contributed by atoms with van der Waals surface area (Å²) in [5.74, 6) is 1.21. The predicted molar refractivity (Wildman–Crippen MR) is 86.5 cm³/mol. The lowest BCUT2D eigenvalue weighted by atomic mass is 10.2. The number of nitrogens with one attached hydrogen (secondary N) is 1. The average Bonchev–Trinajstić information content (AvgIpc) is 2.76. The molecule has 120 valence electrons. The number of rotatable bonds is 7. The number of thioether (sulfide) groups is 1. The van der Waals surface area contributed by atoms with E-state index in [1.165, 1.54) is 5.57 Å². The van der Waals surface area contributed by atoms with Gasteiger partial charge in [-0.05, 0) is 26.8 Å². The van der Waals surface area contributed by atoms with E-state index >= 15 is 0 Å². The Morgan fingerprint density at radius 2 is 2.05 bits per heavy atom. The van der Waals surface area contributed by atoms with Crippen molar-refractivity contribution in [1.29, 1.82) is 0 Å². The monoisotopic (exact) mass is 314 g/mol. The highest BCUT2D eigenvalue weighted by molar-refractivity contribution is 7.99. The number of carboxylic acid groups (broad SMARTS) is 1. The van der Waals surface area contributed by atoms with E-state index in [0.717, 1.165) is 43.0 Å². The maximum absolute atomic E-state index is 9.00. The molecule has 0 atom stereocenters. The molecule has 0 amide bonds. The fourth-order valence-electron chi connectivity index (χ4n) is 1.38. The van der Waals surface area contributed by atoms with Crippen LogP contribution in [-0.2, 0) is 18.4 Å².